The summed E-state index contributed by atoms with van der Waals surface area (Å²) in [4.78, 5) is 0. The minimum atomic E-state index is -0.418. The Morgan fingerprint density at radius 3 is 2.62 bits per heavy atom. The largest absolute Gasteiger partial charge is 0.324 e. The van der Waals surface area contributed by atoms with Gasteiger partial charge in [0.1, 0.15) is 11.6 Å². The molecule has 88 valence electrons. The molecule has 3 heteroatoms. The molecule has 2 rings (SSSR count). The molecule has 0 bridgehead atoms. The smallest absolute Gasteiger partial charge is 0.128 e. The zero-order valence-electron chi connectivity index (χ0n) is 9.26. The SMILES string of the molecule is NC(CC1CCCC1)c1cc(F)ccc1F. The van der Waals surface area contributed by atoms with E-state index in [0.717, 1.165) is 18.6 Å². The molecule has 0 aliphatic heterocycles. The van der Waals surface area contributed by atoms with Crippen molar-refractivity contribution in [3.63, 3.8) is 0 Å². The number of halogens is 2. The summed E-state index contributed by atoms with van der Waals surface area (Å²) in [5.74, 6) is -0.233. The highest BCUT2D eigenvalue weighted by molar-refractivity contribution is 5.22. The third-order valence-corrected chi connectivity index (χ3v) is 3.42. The Kier molecular flexibility index (Phi) is 3.54. The van der Waals surface area contributed by atoms with Gasteiger partial charge in [0.15, 0.2) is 0 Å². The minimum Gasteiger partial charge on any atom is -0.324 e. The van der Waals surface area contributed by atoms with Crippen molar-refractivity contribution >= 4 is 0 Å². The minimum absolute atomic E-state index is 0.312. The van der Waals surface area contributed by atoms with E-state index in [2.05, 4.69) is 0 Å². The maximum Gasteiger partial charge on any atom is 0.128 e. The van der Waals surface area contributed by atoms with E-state index >= 15 is 0 Å². The van der Waals surface area contributed by atoms with Crippen molar-refractivity contribution in [3.8, 4) is 0 Å². The van der Waals surface area contributed by atoms with Gasteiger partial charge in [-0.15, -0.1) is 0 Å². The van der Waals surface area contributed by atoms with Crippen LogP contribution in [0.1, 0.15) is 43.7 Å². The van der Waals surface area contributed by atoms with Crippen LogP contribution in [0.15, 0.2) is 18.2 Å². The number of hydrogen-bond donors (Lipinski definition) is 1. The summed E-state index contributed by atoms with van der Waals surface area (Å²) in [6.07, 6.45) is 5.59. The molecule has 2 N–H and O–H groups in total. The fourth-order valence-corrected chi connectivity index (χ4v) is 2.53. The summed E-state index contributed by atoms with van der Waals surface area (Å²) in [6.45, 7) is 0. The van der Waals surface area contributed by atoms with Gasteiger partial charge in [-0.05, 0) is 30.5 Å². The highest BCUT2D eigenvalue weighted by Gasteiger charge is 2.20. The number of hydrogen-bond acceptors (Lipinski definition) is 1. The molecule has 0 spiro atoms. The van der Waals surface area contributed by atoms with Crippen LogP contribution in [0.3, 0.4) is 0 Å². The summed E-state index contributed by atoms with van der Waals surface area (Å²) in [6, 6.07) is 3.12. The Hall–Kier alpha value is -0.960. The number of rotatable bonds is 3. The van der Waals surface area contributed by atoms with Crippen LogP contribution < -0.4 is 5.73 Å². The fourth-order valence-electron chi connectivity index (χ4n) is 2.53. The molecule has 1 aliphatic rings. The first-order chi connectivity index (χ1) is 7.66. The van der Waals surface area contributed by atoms with Crippen molar-refractivity contribution in [2.24, 2.45) is 11.7 Å². The van der Waals surface area contributed by atoms with Crippen LogP contribution in [0.25, 0.3) is 0 Å². The van der Waals surface area contributed by atoms with Crippen molar-refractivity contribution in [1.29, 1.82) is 0 Å². The molecule has 1 aliphatic carbocycles. The second-order valence-electron chi connectivity index (χ2n) is 4.66. The molecular weight excluding hydrogens is 208 g/mol. The predicted molar refractivity (Wildman–Crippen MR) is 59.9 cm³/mol. The Balaban J connectivity index is 2.07. The lowest BCUT2D eigenvalue weighted by Gasteiger charge is -2.17. The molecule has 0 aromatic heterocycles. The van der Waals surface area contributed by atoms with Crippen LogP contribution in [0.5, 0.6) is 0 Å². The molecule has 1 nitrogen and oxygen atoms in total. The lowest BCUT2D eigenvalue weighted by atomic mass is 9.94. The molecule has 1 unspecified atom stereocenters. The summed E-state index contributed by atoms with van der Waals surface area (Å²) in [5, 5.41) is 0. The van der Waals surface area contributed by atoms with Crippen molar-refractivity contribution in [2.75, 3.05) is 0 Å². The lowest BCUT2D eigenvalue weighted by Crippen LogP contribution is -2.15. The van der Waals surface area contributed by atoms with Crippen LogP contribution in [0.2, 0.25) is 0 Å². The van der Waals surface area contributed by atoms with Gasteiger partial charge in [-0.25, -0.2) is 8.78 Å². The Morgan fingerprint density at radius 2 is 1.94 bits per heavy atom. The van der Waals surface area contributed by atoms with Crippen molar-refractivity contribution in [2.45, 2.75) is 38.1 Å². The number of nitrogens with two attached hydrogens (primary N) is 1. The fraction of sp³-hybridized carbons (Fsp3) is 0.538. The summed E-state index contributed by atoms with van der Waals surface area (Å²) >= 11 is 0. The summed E-state index contributed by atoms with van der Waals surface area (Å²) in [7, 11) is 0. The lowest BCUT2D eigenvalue weighted by molar-refractivity contribution is 0.438. The molecular formula is C13H17F2N. The van der Waals surface area contributed by atoms with Crippen molar-refractivity contribution < 1.29 is 8.78 Å². The van der Waals surface area contributed by atoms with Gasteiger partial charge in [0.05, 0.1) is 0 Å². The van der Waals surface area contributed by atoms with E-state index in [1.807, 2.05) is 0 Å². The van der Waals surface area contributed by atoms with Gasteiger partial charge in [-0.2, -0.15) is 0 Å². The van der Waals surface area contributed by atoms with E-state index in [1.165, 1.54) is 31.7 Å². The molecule has 0 amide bonds. The average Bonchev–Trinajstić information content (AvgIpc) is 2.74. The van der Waals surface area contributed by atoms with Gasteiger partial charge in [-0.3, -0.25) is 0 Å². The van der Waals surface area contributed by atoms with Crippen LogP contribution in [0.4, 0.5) is 8.78 Å². The quantitative estimate of drug-likeness (QED) is 0.836. The number of benzene rings is 1. The van der Waals surface area contributed by atoms with Crippen LogP contribution in [0, 0.1) is 17.6 Å². The van der Waals surface area contributed by atoms with Gasteiger partial charge < -0.3 is 5.73 Å². The molecule has 1 atom stereocenters. The van der Waals surface area contributed by atoms with Crippen molar-refractivity contribution in [3.05, 3.63) is 35.4 Å². The summed E-state index contributed by atoms with van der Waals surface area (Å²) in [5.41, 5.74) is 6.25. The third kappa shape index (κ3) is 2.59. The zero-order chi connectivity index (χ0) is 11.5. The molecule has 0 saturated heterocycles. The monoisotopic (exact) mass is 225 g/mol. The Labute approximate surface area is 94.7 Å². The topological polar surface area (TPSA) is 26.0 Å². The van der Waals surface area contributed by atoms with E-state index < -0.39 is 11.6 Å². The van der Waals surface area contributed by atoms with E-state index in [1.54, 1.807) is 0 Å². The Bertz CT molecular complexity index is 359. The van der Waals surface area contributed by atoms with Crippen LogP contribution in [-0.2, 0) is 0 Å². The van der Waals surface area contributed by atoms with Crippen molar-refractivity contribution in [1.82, 2.24) is 0 Å². The average molecular weight is 225 g/mol. The second kappa shape index (κ2) is 4.91. The maximum atomic E-state index is 13.4. The van der Waals surface area contributed by atoms with E-state index in [-0.39, 0.29) is 6.04 Å². The summed E-state index contributed by atoms with van der Waals surface area (Å²) < 4.78 is 26.4. The highest BCUT2D eigenvalue weighted by Crippen LogP contribution is 2.32. The molecule has 1 saturated carbocycles. The van der Waals surface area contributed by atoms with Gasteiger partial charge in [0.25, 0.3) is 0 Å². The predicted octanol–water partition coefficient (Wildman–Crippen LogP) is 3.54. The maximum absolute atomic E-state index is 13.4. The van der Waals surface area contributed by atoms with Crippen LogP contribution >= 0.6 is 0 Å². The standard InChI is InChI=1S/C13H17F2N/c14-10-5-6-12(15)11(8-10)13(16)7-9-3-1-2-4-9/h5-6,8-9,13H,1-4,7,16H2. The first-order valence-electron chi connectivity index (χ1n) is 5.87. The van der Waals surface area contributed by atoms with E-state index in [0.29, 0.717) is 11.5 Å². The third-order valence-electron chi connectivity index (χ3n) is 3.42. The zero-order valence-corrected chi connectivity index (χ0v) is 9.26. The molecule has 0 heterocycles. The Morgan fingerprint density at radius 1 is 1.25 bits per heavy atom. The molecule has 1 aromatic carbocycles. The molecule has 1 aromatic rings. The van der Waals surface area contributed by atoms with Gasteiger partial charge in [-0.1, -0.05) is 25.7 Å². The van der Waals surface area contributed by atoms with Crippen LogP contribution in [-0.4, -0.2) is 0 Å². The normalized spacial score (nSPS) is 18.9. The highest BCUT2D eigenvalue weighted by atomic mass is 19.1. The first-order valence-corrected chi connectivity index (χ1v) is 5.87. The van der Waals surface area contributed by atoms with Gasteiger partial charge in [0, 0.05) is 11.6 Å². The molecule has 1 fully saturated rings. The van der Waals surface area contributed by atoms with E-state index in [4.69, 9.17) is 5.73 Å². The molecule has 0 radical (unpaired) electrons. The first kappa shape index (κ1) is 11.5. The van der Waals surface area contributed by atoms with Gasteiger partial charge in [0.2, 0.25) is 0 Å². The molecule has 16 heavy (non-hydrogen) atoms. The van der Waals surface area contributed by atoms with E-state index in [9.17, 15) is 8.78 Å². The second-order valence-corrected chi connectivity index (χ2v) is 4.66. The van der Waals surface area contributed by atoms with Gasteiger partial charge >= 0.3 is 0 Å².